The van der Waals surface area contributed by atoms with E-state index in [1.54, 1.807) is 54.6 Å². The Balaban J connectivity index is 2.79. The second kappa shape index (κ2) is 12.4. The molecule has 1 amide bonds. The van der Waals surface area contributed by atoms with E-state index < -0.39 is 30.2 Å². The summed E-state index contributed by atoms with van der Waals surface area (Å²) in [7, 11) is 1.28. The van der Waals surface area contributed by atoms with Crippen molar-refractivity contribution < 1.29 is 23.8 Å². The van der Waals surface area contributed by atoms with E-state index >= 15 is 0 Å². The number of carbonyl (C=O) groups excluding carboxylic acids is 2. The summed E-state index contributed by atoms with van der Waals surface area (Å²) in [4.78, 5) is 37.6. The summed E-state index contributed by atoms with van der Waals surface area (Å²) in [6.45, 7) is 1.52. The van der Waals surface area contributed by atoms with Crippen LogP contribution in [0.3, 0.4) is 0 Å². The Morgan fingerprint density at radius 2 is 1.68 bits per heavy atom. The third kappa shape index (κ3) is 6.65. The zero-order chi connectivity index (χ0) is 25.4. The zero-order valence-corrected chi connectivity index (χ0v) is 22.0. The molecule has 0 aliphatic rings. The van der Waals surface area contributed by atoms with Crippen LogP contribution < -0.4 is 9.99 Å². The summed E-state index contributed by atoms with van der Waals surface area (Å²) in [5.41, 5.74) is -0.736. The molecule has 0 aromatic heterocycles. The van der Waals surface area contributed by atoms with Gasteiger partial charge in [-0.1, -0.05) is 94.4 Å². The molecule has 2 N–H and O–H groups in total. The predicted molar refractivity (Wildman–Crippen MR) is 139 cm³/mol. The number of rotatable bonds is 12. The summed E-state index contributed by atoms with van der Waals surface area (Å²) in [5, 5.41) is 2.85. The van der Waals surface area contributed by atoms with Crippen LogP contribution in [0.4, 0.5) is 5.69 Å². The number of esters is 1. The highest BCUT2D eigenvalue weighted by atomic mass is 32.7. The Labute approximate surface area is 207 Å². The maximum absolute atomic E-state index is 14.2. The zero-order valence-electron chi connectivity index (χ0n) is 20.2. The minimum absolute atomic E-state index is 0.0516. The van der Waals surface area contributed by atoms with Gasteiger partial charge in [-0.25, -0.2) is 4.79 Å². The van der Waals surface area contributed by atoms with Crippen LogP contribution in [0.5, 0.6) is 0 Å². The number of methoxy groups -OCH3 is 1. The van der Waals surface area contributed by atoms with Crippen molar-refractivity contribution in [2.24, 2.45) is 5.92 Å². The van der Waals surface area contributed by atoms with Crippen molar-refractivity contribution in [3.63, 3.8) is 0 Å². The largest absolute Gasteiger partial charge is 0.467 e. The highest BCUT2D eigenvalue weighted by Crippen LogP contribution is 2.59. The van der Waals surface area contributed by atoms with Crippen molar-refractivity contribution in [2.75, 3.05) is 11.8 Å². The number of nitrogens with zero attached hydrogens (tertiary/aromatic N) is 1. The number of benzene rings is 2. The SMILES string of the molecule is CCCC[C@H](NC(=O)[C@@](CC(C)C)(c1ccccc1)N(c1ccccc1)P(=O)(O)S)C(=O)OC. The molecule has 0 saturated heterocycles. The molecule has 0 bridgehead atoms. The number of ether oxygens (including phenoxy) is 1. The van der Waals surface area contributed by atoms with E-state index in [2.05, 4.69) is 17.6 Å². The molecule has 0 aliphatic heterocycles. The van der Waals surface area contributed by atoms with Crippen LogP contribution in [-0.2, 0) is 24.4 Å². The van der Waals surface area contributed by atoms with Gasteiger partial charge < -0.3 is 14.9 Å². The fraction of sp³-hybridized carbons (Fsp3) is 0.440. The van der Waals surface area contributed by atoms with Crippen LogP contribution in [0.15, 0.2) is 60.7 Å². The third-order valence-electron chi connectivity index (χ3n) is 5.59. The van der Waals surface area contributed by atoms with E-state index in [4.69, 9.17) is 4.74 Å². The van der Waals surface area contributed by atoms with Crippen molar-refractivity contribution in [3.8, 4) is 0 Å². The fourth-order valence-corrected chi connectivity index (χ4v) is 6.13. The number of hydrogen-bond donors (Lipinski definition) is 3. The van der Waals surface area contributed by atoms with Crippen LogP contribution in [0.2, 0.25) is 0 Å². The molecule has 34 heavy (non-hydrogen) atoms. The Morgan fingerprint density at radius 1 is 1.12 bits per heavy atom. The first-order valence-electron chi connectivity index (χ1n) is 11.4. The van der Waals surface area contributed by atoms with Crippen LogP contribution in [0.1, 0.15) is 52.0 Å². The van der Waals surface area contributed by atoms with Gasteiger partial charge in [0.15, 0.2) is 5.54 Å². The van der Waals surface area contributed by atoms with E-state index in [0.717, 1.165) is 6.42 Å². The Hall–Kier alpha value is -2.28. The van der Waals surface area contributed by atoms with Crippen molar-refractivity contribution in [1.82, 2.24) is 5.32 Å². The van der Waals surface area contributed by atoms with E-state index in [-0.39, 0.29) is 12.3 Å². The summed E-state index contributed by atoms with van der Waals surface area (Å²) in [6, 6.07) is 16.6. The van der Waals surface area contributed by atoms with Gasteiger partial charge in [-0.05, 0) is 36.5 Å². The monoisotopic (exact) mass is 506 g/mol. The molecule has 3 atom stereocenters. The van der Waals surface area contributed by atoms with Crippen molar-refractivity contribution in [3.05, 3.63) is 66.2 Å². The first-order chi connectivity index (χ1) is 16.1. The molecule has 9 heteroatoms. The van der Waals surface area contributed by atoms with Gasteiger partial charge in [0, 0.05) is 5.69 Å². The Kier molecular flexibility index (Phi) is 10.2. The van der Waals surface area contributed by atoms with Crippen LogP contribution in [0, 0.1) is 5.92 Å². The maximum Gasteiger partial charge on any atom is 0.349 e. The number of carbonyl (C=O) groups is 2. The molecule has 7 nitrogen and oxygen atoms in total. The quantitative estimate of drug-likeness (QED) is 0.205. The standard InChI is InChI=1S/C25H35N2O5PS/c1-5-6-17-22(23(28)32-4)26-24(29)25(18-19(2)3,20-13-9-7-10-14-20)27(33(30,31)34)21-15-11-8-12-16-21/h7-16,19,22H,5-6,17-18H2,1-4H3,(H,26,29)(H2,30,31,34)/t22-,25+/m0/s1. The lowest BCUT2D eigenvalue weighted by Crippen LogP contribution is -2.58. The van der Waals surface area contributed by atoms with Crippen LogP contribution >= 0.6 is 19.0 Å². The normalized spacial score (nSPS) is 15.6. The van der Waals surface area contributed by atoms with Gasteiger partial charge in [-0.3, -0.25) is 14.0 Å². The minimum atomic E-state index is -4.34. The van der Waals surface area contributed by atoms with Gasteiger partial charge in [0.1, 0.15) is 6.04 Å². The molecule has 2 aromatic carbocycles. The molecule has 186 valence electrons. The first kappa shape index (κ1) is 28.0. The van der Waals surface area contributed by atoms with Crippen LogP contribution in [0.25, 0.3) is 0 Å². The molecule has 0 radical (unpaired) electrons. The molecule has 0 heterocycles. The van der Waals surface area contributed by atoms with E-state index in [0.29, 0.717) is 24.1 Å². The third-order valence-corrected chi connectivity index (χ3v) is 7.22. The van der Waals surface area contributed by atoms with Gasteiger partial charge in [-0.15, -0.1) is 0 Å². The highest BCUT2D eigenvalue weighted by Gasteiger charge is 2.52. The second-order valence-electron chi connectivity index (χ2n) is 8.68. The smallest absolute Gasteiger partial charge is 0.349 e. The summed E-state index contributed by atoms with van der Waals surface area (Å²) in [5.74, 6) is -1.17. The molecular weight excluding hydrogens is 471 g/mol. The molecule has 0 spiro atoms. The van der Waals surface area contributed by atoms with Gasteiger partial charge in [0.25, 0.3) is 5.91 Å². The number of hydrogen-bond acceptors (Lipinski definition) is 4. The molecule has 0 aliphatic carbocycles. The number of amides is 1. The summed E-state index contributed by atoms with van der Waals surface area (Å²) < 4.78 is 19.5. The molecule has 2 rings (SSSR count). The molecule has 2 aromatic rings. The van der Waals surface area contributed by atoms with Crippen molar-refractivity contribution in [1.29, 1.82) is 0 Å². The average Bonchev–Trinajstić information content (AvgIpc) is 2.80. The predicted octanol–water partition coefficient (Wildman–Crippen LogP) is 5.31. The topological polar surface area (TPSA) is 95.9 Å². The highest BCUT2D eigenvalue weighted by molar-refractivity contribution is 8.46. The van der Waals surface area contributed by atoms with E-state index in [9.17, 15) is 19.0 Å². The lowest BCUT2D eigenvalue weighted by molar-refractivity contribution is -0.146. The van der Waals surface area contributed by atoms with Gasteiger partial charge >= 0.3 is 12.7 Å². The van der Waals surface area contributed by atoms with Gasteiger partial charge in [-0.2, -0.15) is 0 Å². The number of para-hydroxylation sites is 1. The van der Waals surface area contributed by atoms with Crippen molar-refractivity contribution >= 4 is 36.5 Å². The minimum Gasteiger partial charge on any atom is -0.467 e. The van der Waals surface area contributed by atoms with E-state index in [1.165, 1.54) is 11.8 Å². The summed E-state index contributed by atoms with van der Waals surface area (Å²) >= 11 is 4.09. The lowest BCUT2D eigenvalue weighted by Gasteiger charge is -2.46. The number of thiol groups is 1. The molecule has 1 unspecified atom stereocenters. The second-order valence-corrected chi connectivity index (χ2v) is 11.7. The molecule has 0 fully saturated rings. The average molecular weight is 507 g/mol. The van der Waals surface area contributed by atoms with Crippen LogP contribution in [-0.4, -0.2) is 29.9 Å². The maximum atomic E-state index is 14.2. The number of nitrogens with one attached hydrogen (secondary N) is 1. The lowest BCUT2D eigenvalue weighted by atomic mass is 9.80. The summed E-state index contributed by atoms with van der Waals surface area (Å²) in [6.07, 6.45) is 2.13. The van der Waals surface area contributed by atoms with Gasteiger partial charge in [0.05, 0.1) is 7.11 Å². The molecule has 0 saturated carbocycles. The van der Waals surface area contributed by atoms with Gasteiger partial charge in [0.2, 0.25) is 0 Å². The number of anilines is 1. The Morgan fingerprint density at radius 3 is 2.15 bits per heavy atom. The van der Waals surface area contributed by atoms with Crippen molar-refractivity contribution in [2.45, 2.75) is 58.0 Å². The fourth-order valence-electron chi connectivity index (χ4n) is 4.19. The number of unbranched alkanes of at least 4 members (excludes halogenated alkanes) is 1. The first-order valence-corrected chi connectivity index (χ1v) is 14.2. The Bertz CT molecular complexity index is 983. The van der Waals surface area contributed by atoms with E-state index in [1.807, 2.05) is 26.8 Å². The molecular formula is C25H35N2O5PS.